The maximum Gasteiger partial charge on any atom is 0.262 e. The normalized spacial score (nSPS) is 11.8. The lowest BCUT2D eigenvalue weighted by Gasteiger charge is -2.10. The SMILES string of the molecule is CC(C)Oc1ccc(S(=O)(=O)Cl)c(Cl)c1. The molecule has 0 amide bonds. The summed E-state index contributed by atoms with van der Waals surface area (Å²) in [6.07, 6.45) is -0.000439. The zero-order chi connectivity index (χ0) is 11.6. The van der Waals surface area contributed by atoms with Crippen LogP contribution in [0.5, 0.6) is 5.75 Å². The average molecular weight is 269 g/mol. The van der Waals surface area contributed by atoms with E-state index in [-0.39, 0.29) is 16.0 Å². The lowest BCUT2D eigenvalue weighted by atomic mass is 10.3. The minimum absolute atomic E-state index is 0.000439. The Bertz CT molecular complexity index is 454. The molecule has 0 saturated heterocycles. The Morgan fingerprint density at radius 3 is 2.33 bits per heavy atom. The van der Waals surface area contributed by atoms with Crippen LogP contribution < -0.4 is 4.74 Å². The summed E-state index contributed by atoms with van der Waals surface area (Å²) in [6, 6.07) is 4.26. The number of ether oxygens (including phenoxy) is 1. The Kier molecular flexibility index (Phi) is 3.87. The van der Waals surface area contributed by atoms with Gasteiger partial charge in [-0.2, -0.15) is 0 Å². The number of hydrogen-bond donors (Lipinski definition) is 0. The fourth-order valence-electron chi connectivity index (χ4n) is 1.02. The molecule has 84 valence electrons. The van der Waals surface area contributed by atoms with E-state index in [1.54, 1.807) is 0 Å². The van der Waals surface area contributed by atoms with Crippen molar-refractivity contribution >= 4 is 31.3 Å². The highest BCUT2D eigenvalue weighted by Gasteiger charge is 2.15. The van der Waals surface area contributed by atoms with Gasteiger partial charge in [0.25, 0.3) is 9.05 Å². The molecule has 0 aliphatic carbocycles. The van der Waals surface area contributed by atoms with Crippen LogP contribution in [0, 0.1) is 0 Å². The second-order valence-electron chi connectivity index (χ2n) is 3.20. The molecule has 15 heavy (non-hydrogen) atoms. The van der Waals surface area contributed by atoms with Crippen molar-refractivity contribution in [3.8, 4) is 5.75 Å². The summed E-state index contributed by atoms with van der Waals surface area (Å²) in [5.41, 5.74) is 0. The summed E-state index contributed by atoms with van der Waals surface area (Å²) >= 11 is 5.75. The molecule has 1 rings (SSSR count). The third-order valence-corrected chi connectivity index (χ3v) is 3.34. The van der Waals surface area contributed by atoms with Crippen molar-refractivity contribution in [2.75, 3.05) is 0 Å². The minimum atomic E-state index is -3.79. The van der Waals surface area contributed by atoms with Crippen LogP contribution in [0.4, 0.5) is 0 Å². The molecule has 0 fully saturated rings. The lowest BCUT2D eigenvalue weighted by Crippen LogP contribution is -2.05. The van der Waals surface area contributed by atoms with Gasteiger partial charge in [0.05, 0.1) is 11.1 Å². The summed E-state index contributed by atoms with van der Waals surface area (Å²) in [4.78, 5) is -0.109. The van der Waals surface area contributed by atoms with Gasteiger partial charge in [-0.15, -0.1) is 0 Å². The molecule has 0 N–H and O–H groups in total. The maximum absolute atomic E-state index is 11.0. The van der Waals surface area contributed by atoms with E-state index in [1.165, 1.54) is 18.2 Å². The van der Waals surface area contributed by atoms with E-state index < -0.39 is 9.05 Å². The number of benzene rings is 1. The molecule has 0 aliphatic rings. The number of rotatable bonds is 3. The quantitative estimate of drug-likeness (QED) is 0.792. The zero-order valence-electron chi connectivity index (χ0n) is 8.20. The van der Waals surface area contributed by atoms with Crippen molar-refractivity contribution in [3.05, 3.63) is 23.2 Å². The first-order valence-electron chi connectivity index (χ1n) is 4.21. The van der Waals surface area contributed by atoms with Crippen LogP contribution >= 0.6 is 22.3 Å². The van der Waals surface area contributed by atoms with Gasteiger partial charge < -0.3 is 4.74 Å². The largest absolute Gasteiger partial charge is 0.491 e. The second-order valence-corrected chi connectivity index (χ2v) is 6.14. The highest BCUT2D eigenvalue weighted by molar-refractivity contribution is 8.13. The van der Waals surface area contributed by atoms with Crippen molar-refractivity contribution in [3.63, 3.8) is 0 Å². The molecule has 0 saturated carbocycles. The topological polar surface area (TPSA) is 43.4 Å². The molecule has 0 atom stereocenters. The van der Waals surface area contributed by atoms with Gasteiger partial charge in [0, 0.05) is 16.7 Å². The van der Waals surface area contributed by atoms with Crippen molar-refractivity contribution in [2.45, 2.75) is 24.8 Å². The van der Waals surface area contributed by atoms with Gasteiger partial charge in [-0.1, -0.05) is 11.6 Å². The number of hydrogen-bond acceptors (Lipinski definition) is 3. The van der Waals surface area contributed by atoms with Crippen molar-refractivity contribution in [1.29, 1.82) is 0 Å². The summed E-state index contributed by atoms with van der Waals surface area (Å²) in [5, 5.41) is 0.0585. The van der Waals surface area contributed by atoms with Gasteiger partial charge in [-0.3, -0.25) is 0 Å². The summed E-state index contributed by atoms with van der Waals surface area (Å²) in [6.45, 7) is 3.72. The van der Waals surface area contributed by atoms with E-state index in [4.69, 9.17) is 27.0 Å². The molecular formula is C9H10Cl2O3S. The Labute approximate surface area is 98.4 Å². The van der Waals surface area contributed by atoms with Crippen molar-refractivity contribution < 1.29 is 13.2 Å². The van der Waals surface area contributed by atoms with Crippen LogP contribution in [-0.4, -0.2) is 14.5 Å². The van der Waals surface area contributed by atoms with E-state index in [2.05, 4.69) is 0 Å². The first-order valence-corrected chi connectivity index (χ1v) is 6.90. The Morgan fingerprint density at radius 2 is 1.93 bits per heavy atom. The van der Waals surface area contributed by atoms with Gasteiger partial charge in [0.15, 0.2) is 0 Å². The standard InChI is InChI=1S/C9H10Cl2O3S/c1-6(2)14-7-3-4-9(8(10)5-7)15(11,12)13/h3-6H,1-2H3. The first-order chi connectivity index (χ1) is 6.80. The van der Waals surface area contributed by atoms with E-state index >= 15 is 0 Å². The van der Waals surface area contributed by atoms with Crippen molar-refractivity contribution in [2.24, 2.45) is 0 Å². The van der Waals surface area contributed by atoms with Gasteiger partial charge in [0.2, 0.25) is 0 Å². The third kappa shape index (κ3) is 3.55. The van der Waals surface area contributed by atoms with Crippen molar-refractivity contribution in [1.82, 2.24) is 0 Å². The number of halogens is 2. The monoisotopic (exact) mass is 268 g/mol. The fraction of sp³-hybridized carbons (Fsp3) is 0.333. The van der Waals surface area contributed by atoms with Crippen LogP contribution in [0.2, 0.25) is 5.02 Å². The van der Waals surface area contributed by atoms with Crippen LogP contribution in [0.3, 0.4) is 0 Å². The predicted octanol–water partition coefficient (Wildman–Crippen LogP) is 3.05. The average Bonchev–Trinajstić information content (AvgIpc) is 1.99. The van der Waals surface area contributed by atoms with Gasteiger partial charge in [-0.05, 0) is 26.0 Å². The zero-order valence-corrected chi connectivity index (χ0v) is 10.5. The van der Waals surface area contributed by atoms with Crippen LogP contribution in [-0.2, 0) is 9.05 Å². The Balaban J connectivity index is 3.09. The highest BCUT2D eigenvalue weighted by Crippen LogP contribution is 2.28. The molecule has 0 heterocycles. The van der Waals surface area contributed by atoms with Gasteiger partial charge in [-0.25, -0.2) is 8.42 Å². The maximum atomic E-state index is 11.0. The molecule has 1 aromatic rings. The molecule has 3 nitrogen and oxygen atoms in total. The molecule has 0 radical (unpaired) electrons. The van der Waals surface area contributed by atoms with Crippen LogP contribution in [0.1, 0.15) is 13.8 Å². The smallest absolute Gasteiger partial charge is 0.262 e. The summed E-state index contributed by atoms with van der Waals surface area (Å²) in [5.74, 6) is 0.513. The third-order valence-electron chi connectivity index (χ3n) is 1.54. The highest BCUT2D eigenvalue weighted by atomic mass is 35.7. The summed E-state index contributed by atoms with van der Waals surface area (Å²) < 4.78 is 27.4. The van der Waals surface area contributed by atoms with E-state index in [1.807, 2.05) is 13.8 Å². The molecule has 6 heteroatoms. The fourth-order valence-corrected chi connectivity index (χ4v) is 2.54. The first kappa shape index (κ1) is 12.6. The molecule has 0 aromatic heterocycles. The van der Waals surface area contributed by atoms with E-state index in [9.17, 15) is 8.42 Å². The molecule has 1 aromatic carbocycles. The van der Waals surface area contributed by atoms with Gasteiger partial charge in [0.1, 0.15) is 10.6 Å². The van der Waals surface area contributed by atoms with E-state index in [0.29, 0.717) is 5.75 Å². The van der Waals surface area contributed by atoms with Crippen LogP contribution in [0.25, 0.3) is 0 Å². The predicted molar refractivity (Wildman–Crippen MR) is 60.3 cm³/mol. The van der Waals surface area contributed by atoms with Gasteiger partial charge >= 0.3 is 0 Å². The molecule has 0 unspecified atom stereocenters. The Morgan fingerprint density at radius 1 is 1.33 bits per heavy atom. The Hall–Kier alpha value is -0.450. The molecule has 0 spiro atoms. The molecular weight excluding hydrogens is 259 g/mol. The second kappa shape index (κ2) is 4.60. The summed E-state index contributed by atoms with van der Waals surface area (Å²) in [7, 11) is 1.37. The lowest BCUT2D eigenvalue weighted by molar-refractivity contribution is 0.242. The molecule has 0 aliphatic heterocycles. The van der Waals surface area contributed by atoms with E-state index in [0.717, 1.165) is 0 Å². The minimum Gasteiger partial charge on any atom is -0.491 e. The molecule has 0 bridgehead atoms. The van der Waals surface area contributed by atoms with Crippen LogP contribution in [0.15, 0.2) is 23.1 Å².